The van der Waals surface area contributed by atoms with Gasteiger partial charge in [0.25, 0.3) is 0 Å². The molecule has 0 radical (unpaired) electrons. The summed E-state index contributed by atoms with van der Waals surface area (Å²) in [5.74, 6) is 0. The Balaban J connectivity index is 2.04. The van der Waals surface area contributed by atoms with Crippen LogP contribution in [0.25, 0.3) is 64.6 Å². The molecule has 0 aliphatic rings. The summed E-state index contributed by atoms with van der Waals surface area (Å²) in [5, 5.41) is 6.55. The van der Waals surface area contributed by atoms with Crippen LogP contribution < -0.4 is 22.5 Å². The maximum absolute atomic E-state index is 12.6. The Labute approximate surface area is 164 Å². The second-order valence-electron chi connectivity index (χ2n) is 7.51. The Kier molecular flexibility index (Phi) is 2.50. The molecule has 2 aromatic heterocycles. The molecular weight excluding hydrogens is 384 g/mol. The van der Waals surface area contributed by atoms with Crippen molar-refractivity contribution < 1.29 is 8.83 Å². The van der Waals surface area contributed by atoms with Crippen LogP contribution in [0.15, 0.2) is 76.5 Å². The van der Waals surface area contributed by atoms with Gasteiger partial charge in [-0.25, -0.2) is 19.2 Å². The van der Waals surface area contributed by atoms with Gasteiger partial charge in [-0.3, -0.25) is 0 Å². The van der Waals surface area contributed by atoms with E-state index in [0.29, 0.717) is 21.5 Å². The van der Waals surface area contributed by atoms with Gasteiger partial charge in [0, 0.05) is 10.8 Å². The summed E-state index contributed by atoms with van der Waals surface area (Å²) in [7, 11) is 0. The van der Waals surface area contributed by atoms with Gasteiger partial charge < -0.3 is 8.83 Å². The molecule has 0 saturated heterocycles. The Hall–Kier alpha value is -4.32. The lowest BCUT2D eigenvalue weighted by atomic mass is 9.86. The van der Waals surface area contributed by atoms with Crippen molar-refractivity contribution in [3.63, 3.8) is 0 Å². The smallest absolute Gasteiger partial charge is 0.347 e. The van der Waals surface area contributed by atoms with E-state index in [4.69, 9.17) is 8.83 Å². The predicted molar refractivity (Wildman–Crippen MR) is 115 cm³/mol. The molecule has 0 spiro atoms. The summed E-state index contributed by atoms with van der Waals surface area (Å²) in [6, 6.07) is 14.3. The van der Waals surface area contributed by atoms with Crippen LogP contribution in [0.5, 0.6) is 0 Å². The molecule has 0 N–H and O–H groups in total. The molecule has 5 aromatic carbocycles. The summed E-state index contributed by atoms with van der Waals surface area (Å²) < 4.78 is 9.80. The molecule has 2 heterocycles. The fraction of sp³-hybridized carbons (Fsp3) is 0. The lowest BCUT2D eigenvalue weighted by Crippen LogP contribution is -1.97. The third-order valence-corrected chi connectivity index (χ3v) is 6.09. The minimum absolute atomic E-state index is 0.232. The van der Waals surface area contributed by atoms with Gasteiger partial charge in [0.05, 0.1) is 21.5 Å². The monoisotopic (exact) mass is 392 g/mol. The van der Waals surface area contributed by atoms with E-state index in [1.165, 1.54) is 0 Å². The summed E-state index contributed by atoms with van der Waals surface area (Å²) >= 11 is 0. The van der Waals surface area contributed by atoms with Crippen molar-refractivity contribution in [2.24, 2.45) is 0 Å². The van der Waals surface area contributed by atoms with E-state index in [1.54, 1.807) is 12.1 Å². The van der Waals surface area contributed by atoms with E-state index in [0.717, 1.165) is 21.5 Å². The molecule has 0 saturated carbocycles. The number of hydrogen-bond acceptors (Lipinski definition) is 6. The van der Waals surface area contributed by atoms with Crippen LogP contribution in [-0.2, 0) is 0 Å². The van der Waals surface area contributed by atoms with Gasteiger partial charge >= 0.3 is 22.5 Å². The highest BCUT2D eigenvalue weighted by Crippen LogP contribution is 2.44. The number of furan rings is 2. The quantitative estimate of drug-likeness (QED) is 0.289. The molecule has 30 heavy (non-hydrogen) atoms. The molecule has 6 nitrogen and oxygen atoms in total. The third kappa shape index (κ3) is 1.58. The summed E-state index contributed by atoms with van der Waals surface area (Å²) in [4.78, 5) is 49.7. The zero-order valence-electron chi connectivity index (χ0n) is 15.1. The molecule has 0 aliphatic carbocycles. The second kappa shape index (κ2) is 4.80. The lowest BCUT2D eigenvalue weighted by Gasteiger charge is -2.15. The molecule has 0 amide bonds. The SMILES string of the molecule is O=c1oc(=O)c2c1cc1cccc3c1c2c1cccc2cc4c(=O)oc(=O)c4c3c21. The summed E-state index contributed by atoms with van der Waals surface area (Å²) in [6.07, 6.45) is 0. The topological polar surface area (TPSA) is 94.6 Å². The lowest BCUT2D eigenvalue weighted by molar-refractivity contribution is 0.500. The van der Waals surface area contributed by atoms with E-state index in [1.807, 2.05) is 36.4 Å². The van der Waals surface area contributed by atoms with E-state index in [-0.39, 0.29) is 21.5 Å². The highest BCUT2D eigenvalue weighted by atomic mass is 16.4. The van der Waals surface area contributed by atoms with Gasteiger partial charge in [-0.2, -0.15) is 0 Å². The third-order valence-electron chi connectivity index (χ3n) is 6.09. The van der Waals surface area contributed by atoms with E-state index >= 15 is 0 Å². The van der Waals surface area contributed by atoms with Gasteiger partial charge in [-0.1, -0.05) is 36.4 Å². The first-order valence-electron chi connectivity index (χ1n) is 9.28. The second-order valence-corrected chi connectivity index (χ2v) is 7.51. The van der Waals surface area contributed by atoms with Crippen molar-refractivity contribution >= 4 is 64.6 Å². The van der Waals surface area contributed by atoms with Crippen molar-refractivity contribution in [3.8, 4) is 0 Å². The Morgan fingerprint density at radius 3 is 1.30 bits per heavy atom. The zero-order chi connectivity index (χ0) is 20.3. The molecule has 140 valence electrons. The van der Waals surface area contributed by atoms with Crippen LogP contribution in [-0.4, -0.2) is 0 Å². The normalized spacial score (nSPS) is 12.5. The van der Waals surface area contributed by atoms with Crippen LogP contribution in [0.1, 0.15) is 0 Å². The first kappa shape index (κ1) is 15.6. The fourth-order valence-corrected chi connectivity index (χ4v) is 5.00. The zero-order valence-corrected chi connectivity index (χ0v) is 15.1. The first-order chi connectivity index (χ1) is 14.5. The largest absolute Gasteiger partial charge is 0.386 e. The average molecular weight is 392 g/mol. The maximum Gasteiger partial charge on any atom is 0.347 e. The molecule has 7 rings (SSSR count). The van der Waals surface area contributed by atoms with Gasteiger partial charge in [0.2, 0.25) is 0 Å². The number of hydrogen-bond donors (Lipinski definition) is 0. The number of benzene rings is 5. The minimum atomic E-state index is -0.682. The van der Waals surface area contributed by atoms with Gasteiger partial charge in [-0.15, -0.1) is 0 Å². The van der Waals surface area contributed by atoms with Crippen molar-refractivity contribution in [2.75, 3.05) is 0 Å². The van der Waals surface area contributed by atoms with Gasteiger partial charge in [0.1, 0.15) is 0 Å². The highest BCUT2D eigenvalue weighted by molar-refractivity contribution is 6.41. The minimum Gasteiger partial charge on any atom is -0.386 e. The molecule has 6 heteroatoms. The fourth-order valence-electron chi connectivity index (χ4n) is 5.00. The molecule has 0 fully saturated rings. The van der Waals surface area contributed by atoms with Crippen molar-refractivity contribution in [1.82, 2.24) is 0 Å². The first-order valence-corrected chi connectivity index (χ1v) is 9.28. The van der Waals surface area contributed by atoms with Gasteiger partial charge in [-0.05, 0) is 44.5 Å². The van der Waals surface area contributed by atoms with Crippen molar-refractivity contribution in [3.05, 3.63) is 90.2 Å². The van der Waals surface area contributed by atoms with Crippen molar-refractivity contribution in [2.45, 2.75) is 0 Å². The average Bonchev–Trinajstić information content (AvgIpc) is 3.18. The molecule has 7 aromatic rings. The molecule has 0 atom stereocenters. The van der Waals surface area contributed by atoms with Crippen LogP contribution in [0.2, 0.25) is 0 Å². The predicted octanol–water partition coefficient (Wildman–Crippen LogP) is 3.55. The van der Waals surface area contributed by atoms with Crippen LogP contribution in [0, 0.1) is 0 Å². The van der Waals surface area contributed by atoms with Crippen LogP contribution >= 0.6 is 0 Å². The van der Waals surface area contributed by atoms with Gasteiger partial charge in [0.15, 0.2) is 0 Å². The maximum atomic E-state index is 12.6. The standard InChI is InChI=1S/C24H8O6/c25-21-13-7-9-3-1-5-11-15(9)18(20(13)24(28)29-21)12-6-2-4-10-8-14-19(17(11)16(10)12)23(27)30-22(14)26/h1-8H. The van der Waals surface area contributed by atoms with E-state index in [2.05, 4.69) is 0 Å². The Bertz CT molecular complexity index is 1930. The van der Waals surface area contributed by atoms with Crippen molar-refractivity contribution in [1.29, 1.82) is 0 Å². The summed E-state index contributed by atoms with van der Waals surface area (Å²) in [5.41, 5.74) is -2.70. The molecule has 0 bridgehead atoms. The van der Waals surface area contributed by atoms with E-state index < -0.39 is 22.5 Å². The van der Waals surface area contributed by atoms with E-state index in [9.17, 15) is 19.2 Å². The number of fused-ring (bicyclic) bond motifs is 6. The highest BCUT2D eigenvalue weighted by Gasteiger charge is 2.23. The molecule has 0 unspecified atom stereocenters. The summed E-state index contributed by atoms with van der Waals surface area (Å²) in [6.45, 7) is 0. The Morgan fingerprint density at radius 2 is 0.867 bits per heavy atom. The molecule has 0 aliphatic heterocycles. The molecular formula is C24H8O6. The Morgan fingerprint density at radius 1 is 0.433 bits per heavy atom. The van der Waals surface area contributed by atoms with Crippen LogP contribution in [0.3, 0.4) is 0 Å². The number of rotatable bonds is 0. The van der Waals surface area contributed by atoms with Crippen LogP contribution in [0.4, 0.5) is 0 Å².